The number of nitrogens with zero attached hydrogens (tertiary/aromatic N) is 2. The molecule has 2 aliphatic heterocycles. The highest BCUT2D eigenvalue weighted by atomic mass is 79.9. The lowest BCUT2D eigenvalue weighted by molar-refractivity contribution is 0.410. The molecule has 2 heterocycles. The molecule has 0 saturated carbocycles. The lowest BCUT2D eigenvalue weighted by Gasteiger charge is -2.40. The summed E-state index contributed by atoms with van der Waals surface area (Å²) in [5.74, 6) is 1.73. The van der Waals surface area contributed by atoms with E-state index in [0.29, 0.717) is 0 Å². The van der Waals surface area contributed by atoms with Crippen molar-refractivity contribution < 1.29 is 9.47 Å². The number of methoxy groups -OCH3 is 2. The van der Waals surface area contributed by atoms with Gasteiger partial charge in [0, 0.05) is 9.88 Å². The van der Waals surface area contributed by atoms with Crippen molar-refractivity contribution in [2.45, 2.75) is 25.3 Å². The molecule has 3 aliphatic rings. The molecular weight excluding hydrogens is 544 g/mol. The predicted octanol–water partition coefficient (Wildman–Crippen LogP) is 8.45. The maximum atomic E-state index is 5.63. The quantitative estimate of drug-likeness (QED) is 0.308. The minimum absolute atomic E-state index is 0.0523. The van der Waals surface area contributed by atoms with Gasteiger partial charge in [-0.3, -0.25) is 0 Å². The molecule has 3 aromatic carbocycles. The second kappa shape index (κ2) is 10.3. The van der Waals surface area contributed by atoms with Gasteiger partial charge in [-0.05, 0) is 89.6 Å². The molecule has 0 spiro atoms. The van der Waals surface area contributed by atoms with Crippen LogP contribution in [0.25, 0.3) is 11.8 Å². The van der Waals surface area contributed by atoms with E-state index >= 15 is 0 Å². The Morgan fingerprint density at radius 3 is 2.49 bits per heavy atom. The number of rotatable bonds is 5. The number of halogens is 1. The second-order valence-corrected chi connectivity index (χ2v) is 11.0. The molecule has 0 N–H and O–H groups in total. The SMILES string of the molecule is COc1cccc(/C=C2\CCCC3=C2N=C2SC=C(c4ccc(Br)cc4)N2[C@@H]3c2cccc(OC)c2)c1. The molecule has 1 aliphatic carbocycles. The van der Waals surface area contributed by atoms with Gasteiger partial charge in [0.15, 0.2) is 5.17 Å². The van der Waals surface area contributed by atoms with Gasteiger partial charge in [-0.25, -0.2) is 4.99 Å². The van der Waals surface area contributed by atoms with Crippen molar-refractivity contribution in [2.24, 2.45) is 4.99 Å². The van der Waals surface area contributed by atoms with E-state index in [1.54, 1.807) is 26.0 Å². The van der Waals surface area contributed by atoms with Gasteiger partial charge in [0.05, 0.1) is 31.7 Å². The first-order valence-corrected chi connectivity index (χ1v) is 14.0. The fourth-order valence-electron chi connectivity index (χ4n) is 5.29. The van der Waals surface area contributed by atoms with Crippen LogP contribution in [0.15, 0.2) is 105 Å². The summed E-state index contributed by atoms with van der Waals surface area (Å²) in [7, 11) is 3.44. The summed E-state index contributed by atoms with van der Waals surface area (Å²) in [6.07, 6.45) is 5.40. The molecule has 0 aromatic heterocycles. The number of hydrogen-bond acceptors (Lipinski definition) is 5. The van der Waals surface area contributed by atoms with Crippen molar-refractivity contribution in [3.8, 4) is 11.5 Å². The van der Waals surface area contributed by atoms with E-state index in [2.05, 4.69) is 86.9 Å². The third-order valence-corrected chi connectivity index (χ3v) is 8.39. The summed E-state index contributed by atoms with van der Waals surface area (Å²) in [5.41, 5.74) is 8.49. The summed E-state index contributed by atoms with van der Waals surface area (Å²) >= 11 is 5.28. The molecule has 6 rings (SSSR count). The van der Waals surface area contributed by atoms with E-state index in [0.717, 1.165) is 51.7 Å². The van der Waals surface area contributed by atoms with E-state index in [9.17, 15) is 0 Å². The molecule has 0 amide bonds. The number of hydrogen-bond donors (Lipinski definition) is 0. The van der Waals surface area contributed by atoms with Crippen LogP contribution >= 0.6 is 27.7 Å². The van der Waals surface area contributed by atoms with Gasteiger partial charge < -0.3 is 14.4 Å². The molecule has 4 nitrogen and oxygen atoms in total. The zero-order chi connectivity index (χ0) is 25.4. The van der Waals surface area contributed by atoms with Gasteiger partial charge in [0.2, 0.25) is 0 Å². The molecule has 0 saturated heterocycles. The van der Waals surface area contributed by atoms with Crippen LogP contribution < -0.4 is 9.47 Å². The lowest BCUT2D eigenvalue weighted by Crippen LogP contribution is -2.34. The Hall–Kier alpha value is -3.22. The molecule has 6 heteroatoms. The molecule has 0 fully saturated rings. The highest BCUT2D eigenvalue weighted by Gasteiger charge is 2.40. The first-order chi connectivity index (χ1) is 18.1. The number of ether oxygens (including phenoxy) is 2. The fourth-order valence-corrected chi connectivity index (χ4v) is 6.48. The van der Waals surface area contributed by atoms with Crippen molar-refractivity contribution >= 4 is 44.6 Å². The van der Waals surface area contributed by atoms with Gasteiger partial charge in [-0.1, -0.05) is 64.1 Å². The van der Waals surface area contributed by atoms with Gasteiger partial charge in [-0.2, -0.15) is 0 Å². The smallest absolute Gasteiger partial charge is 0.174 e. The molecule has 0 unspecified atom stereocenters. The number of aliphatic imine (C=N–C) groups is 1. The Kier molecular flexibility index (Phi) is 6.70. The summed E-state index contributed by atoms with van der Waals surface area (Å²) < 4.78 is 12.2. The Labute approximate surface area is 230 Å². The lowest BCUT2D eigenvalue weighted by atomic mass is 9.82. The van der Waals surface area contributed by atoms with Crippen molar-refractivity contribution in [1.29, 1.82) is 0 Å². The van der Waals surface area contributed by atoms with Crippen LogP contribution in [0.1, 0.15) is 42.0 Å². The Bertz CT molecular complexity index is 1470. The largest absolute Gasteiger partial charge is 0.497 e. The monoisotopic (exact) mass is 570 g/mol. The number of thioether (sulfide) groups is 1. The zero-order valence-corrected chi connectivity index (χ0v) is 23.2. The van der Waals surface area contributed by atoms with Gasteiger partial charge in [-0.15, -0.1) is 0 Å². The maximum Gasteiger partial charge on any atom is 0.174 e. The van der Waals surface area contributed by atoms with Crippen LogP contribution in [0.3, 0.4) is 0 Å². The third-order valence-electron chi connectivity index (χ3n) is 7.02. The van der Waals surface area contributed by atoms with Crippen molar-refractivity contribution in [3.05, 3.63) is 116 Å². The van der Waals surface area contributed by atoms with Crippen LogP contribution in [-0.2, 0) is 0 Å². The van der Waals surface area contributed by atoms with Crippen LogP contribution in [0, 0.1) is 0 Å². The Balaban J connectivity index is 1.49. The maximum absolute atomic E-state index is 5.63. The van der Waals surface area contributed by atoms with E-state index < -0.39 is 0 Å². The Morgan fingerprint density at radius 2 is 1.70 bits per heavy atom. The van der Waals surface area contributed by atoms with E-state index in [4.69, 9.17) is 14.5 Å². The van der Waals surface area contributed by atoms with Gasteiger partial charge in [0.1, 0.15) is 11.5 Å². The van der Waals surface area contributed by atoms with Crippen molar-refractivity contribution in [1.82, 2.24) is 4.90 Å². The number of benzene rings is 3. The first-order valence-electron chi connectivity index (χ1n) is 12.4. The molecule has 186 valence electrons. The molecule has 3 aromatic rings. The summed E-state index contributed by atoms with van der Waals surface area (Å²) in [5, 5.41) is 3.25. The number of allylic oxidation sites excluding steroid dienone is 1. The fraction of sp³-hybridized carbons (Fsp3) is 0.194. The van der Waals surface area contributed by atoms with Crippen LogP contribution in [0.4, 0.5) is 0 Å². The van der Waals surface area contributed by atoms with Crippen molar-refractivity contribution in [3.63, 3.8) is 0 Å². The molecule has 0 bridgehead atoms. The zero-order valence-electron chi connectivity index (χ0n) is 20.8. The number of amidine groups is 1. The van der Waals surface area contributed by atoms with Gasteiger partial charge >= 0.3 is 0 Å². The average molecular weight is 572 g/mol. The Morgan fingerprint density at radius 1 is 0.946 bits per heavy atom. The predicted molar refractivity (Wildman–Crippen MR) is 157 cm³/mol. The van der Waals surface area contributed by atoms with E-state index in [1.165, 1.54) is 28.0 Å². The minimum Gasteiger partial charge on any atom is -0.497 e. The molecule has 37 heavy (non-hydrogen) atoms. The van der Waals surface area contributed by atoms with Crippen LogP contribution in [0.2, 0.25) is 0 Å². The van der Waals surface area contributed by atoms with E-state index in [-0.39, 0.29) is 6.04 Å². The van der Waals surface area contributed by atoms with Crippen molar-refractivity contribution in [2.75, 3.05) is 14.2 Å². The topological polar surface area (TPSA) is 34.1 Å². The summed E-state index contributed by atoms with van der Waals surface area (Å²) in [6.45, 7) is 0. The van der Waals surface area contributed by atoms with Crippen LogP contribution in [0.5, 0.6) is 11.5 Å². The third kappa shape index (κ3) is 4.64. The molecule has 1 atom stereocenters. The highest BCUT2D eigenvalue weighted by molar-refractivity contribution is 9.10. The first kappa shape index (κ1) is 24.1. The number of fused-ring (bicyclic) bond motifs is 1. The summed E-state index contributed by atoms with van der Waals surface area (Å²) in [4.78, 5) is 7.70. The van der Waals surface area contributed by atoms with Crippen LogP contribution in [-0.4, -0.2) is 24.3 Å². The second-order valence-electron chi connectivity index (χ2n) is 9.24. The minimum atomic E-state index is 0.0523. The van der Waals surface area contributed by atoms with E-state index in [1.807, 2.05) is 18.2 Å². The highest BCUT2D eigenvalue weighted by Crippen LogP contribution is 2.51. The molecule has 0 radical (unpaired) electrons. The van der Waals surface area contributed by atoms with Gasteiger partial charge in [0.25, 0.3) is 0 Å². The summed E-state index contributed by atoms with van der Waals surface area (Å²) in [6, 6.07) is 25.3. The molecular formula is C31H27BrN2O2S. The normalized spacial score (nSPS) is 19.8. The average Bonchev–Trinajstić information content (AvgIpc) is 3.36. The standard InChI is InChI=1S/C31H27BrN2O2S/c1-35-25-9-3-6-20(17-25)16-22-7-5-11-27-29(22)33-31-34(30(27)23-8-4-10-26(18-23)36-2)28(19-37-31)21-12-14-24(32)15-13-21/h3-4,6,8-10,12-19,30H,5,7,11H2,1-2H3/b22-16+/t30-/m1/s1.